The van der Waals surface area contributed by atoms with Crippen molar-refractivity contribution in [2.75, 3.05) is 7.11 Å². The van der Waals surface area contributed by atoms with Gasteiger partial charge in [0.15, 0.2) is 0 Å². The number of esters is 1. The van der Waals surface area contributed by atoms with Crippen LogP contribution in [-0.2, 0) is 9.53 Å². The minimum atomic E-state index is -0.230. The fraction of sp³-hybridized carbons (Fsp3) is 0.545. The summed E-state index contributed by atoms with van der Waals surface area (Å²) in [6, 6.07) is 0. The van der Waals surface area contributed by atoms with Crippen molar-refractivity contribution in [3.8, 4) is 0 Å². The lowest BCUT2D eigenvalue weighted by Gasteiger charge is -2.09. The molecule has 72 valence electrons. The van der Waals surface area contributed by atoms with Gasteiger partial charge in [0.05, 0.1) is 7.11 Å². The SMILES string of the molecule is COC(=O)C(C)=CC1=CCCCC1. The van der Waals surface area contributed by atoms with Crippen LogP contribution in [0.25, 0.3) is 0 Å². The number of hydrogen-bond acceptors (Lipinski definition) is 2. The Morgan fingerprint density at radius 1 is 1.54 bits per heavy atom. The molecule has 0 spiro atoms. The maximum absolute atomic E-state index is 11.1. The Kier molecular flexibility index (Phi) is 3.74. The Labute approximate surface area is 79.3 Å². The molecule has 0 aromatic carbocycles. The number of carbonyl (C=O) groups is 1. The molecule has 0 aromatic heterocycles. The lowest BCUT2D eigenvalue weighted by molar-refractivity contribution is -0.136. The van der Waals surface area contributed by atoms with Crippen molar-refractivity contribution < 1.29 is 9.53 Å². The summed E-state index contributed by atoms with van der Waals surface area (Å²) >= 11 is 0. The molecular weight excluding hydrogens is 164 g/mol. The molecule has 0 amide bonds. The zero-order chi connectivity index (χ0) is 9.68. The van der Waals surface area contributed by atoms with Crippen LogP contribution in [0, 0.1) is 0 Å². The molecule has 0 unspecified atom stereocenters. The molecule has 2 nitrogen and oxygen atoms in total. The second-order valence-corrected chi connectivity index (χ2v) is 3.34. The van der Waals surface area contributed by atoms with Crippen LogP contribution in [0.5, 0.6) is 0 Å². The van der Waals surface area contributed by atoms with Crippen molar-refractivity contribution in [3.63, 3.8) is 0 Å². The second kappa shape index (κ2) is 4.85. The standard InChI is InChI=1S/C11H16O2/c1-9(11(12)13-2)8-10-6-4-3-5-7-10/h6,8H,3-5,7H2,1-2H3. The Hall–Kier alpha value is -1.05. The molecule has 0 fully saturated rings. The highest BCUT2D eigenvalue weighted by Gasteiger charge is 2.05. The summed E-state index contributed by atoms with van der Waals surface area (Å²) in [4.78, 5) is 11.1. The molecule has 0 radical (unpaired) electrons. The fourth-order valence-corrected chi connectivity index (χ4v) is 1.49. The predicted molar refractivity (Wildman–Crippen MR) is 52.3 cm³/mol. The first-order chi connectivity index (χ1) is 6.24. The summed E-state index contributed by atoms with van der Waals surface area (Å²) < 4.78 is 4.62. The first-order valence-corrected chi connectivity index (χ1v) is 4.69. The fourth-order valence-electron chi connectivity index (χ4n) is 1.49. The third-order valence-corrected chi connectivity index (χ3v) is 2.24. The van der Waals surface area contributed by atoms with Gasteiger partial charge in [0, 0.05) is 5.57 Å². The maximum Gasteiger partial charge on any atom is 0.333 e. The summed E-state index contributed by atoms with van der Waals surface area (Å²) in [6.07, 6.45) is 8.88. The van der Waals surface area contributed by atoms with Crippen molar-refractivity contribution in [3.05, 3.63) is 23.3 Å². The van der Waals surface area contributed by atoms with Crippen LogP contribution in [0.4, 0.5) is 0 Å². The number of carbonyl (C=O) groups excluding carboxylic acids is 1. The number of rotatable bonds is 2. The number of ether oxygens (including phenoxy) is 1. The van der Waals surface area contributed by atoms with E-state index in [9.17, 15) is 4.79 Å². The number of allylic oxidation sites excluding steroid dienone is 3. The van der Waals surface area contributed by atoms with Gasteiger partial charge in [-0.2, -0.15) is 0 Å². The van der Waals surface area contributed by atoms with E-state index in [1.807, 2.05) is 6.08 Å². The topological polar surface area (TPSA) is 26.3 Å². The smallest absolute Gasteiger partial charge is 0.333 e. The first-order valence-electron chi connectivity index (χ1n) is 4.69. The van der Waals surface area contributed by atoms with Crippen LogP contribution < -0.4 is 0 Å². The molecule has 0 bridgehead atoms. The molecule has 0 saturated heterocycles. The molecule has 13 heavy (non-hydrogen) atoms. The Morgan fingerprint density at radius 2 is 2.31 bits per heavy atom. The quantitative estimate of drug-likeness (QED) is 0.482. The van der Waals surface area contributed by atoms with Gasteiger partial charge >= 0.3 is 5.97 Å². The molecule has 1 aliphatic carbocycles. The minimum Gasteiger partial charge on any atom is -0.466 e. The van der Waals surface area contributed by atoms with Crippen LogP contribution in [-0.4, -0.2) is 13.1 Å². The summed E-state index contributed by atoms with van der Waals surface area (Å²) in [5.74, 6) is -0.230. The van der Waals surface area contributed by atoms with Gasteiger partial charge in [0.25, 0.3) is 0 Å². The summed E-state index contributed by atoms with van der Waals surface area (Å²) in [5, 5.41) is 0. The van der Waals surface area contributed by atoms with Crippen molar-refractivity contribution in [1.82, 2.24) is 0 Å². The molecule has 0 aliphatic heterocycles. The predicted octanol–water partition coefficient (Wildman–Crippen LogP) is 2.61. The van der Waals surface area contributed by atoms with E-state index in [1.54, 1.807) is 6.92 Å². The molecule has 0 aromatic rings. The van der Waals surface area contributed by atoms with E-state index in [-0.39, 0.29) is 5.97 Å². The summed E-state index contributed by atoms with van der Waals surface area (Å²) in [7, 11) is 1.41. The van der Waals surface area contributed by atoms with Gasteiger partial charge in [0.2, 0.25) is 0 Å². The summed E-state index contributed by atoms with van der Waals surface area (Å²) in [5.41, 5.74) is 1.96. The molecule has 0 atom stereocenters. The summed E-state index contributed by atoms with van der Waals surface area (Å²) in [6.45, 7) is 1.79. The highest BCUT2D eigenvalue weighted by molar-refractivity contribution is 5.88. The van der Waals surface area contributed by atoms with E-state index < -0.39 is 0 Å². The third kappa shape index (κ3) is 3.05. The van der Waals surface area contributed by atoms with Crippen molar-refractivity contribution >= 4 is 5.97 Å². The first kappa shape index (κ1) is 10.0. The number of methoxy groups -OCH3 is 1. The number of hydrogen-bond donors (Lipinski definition) is 0. The average Bonchev–Trinajstić information content (AvgIpc) is 2.18. The monoisotopic (exact) mass is 180 g/mol. The zero-order valence-electron chi connectivity index (χ0n) is 8.30. The van der Waals surface area contributed by atoms with Gasteiger partial charge in [0.1, 0.15) is 0 Å². The van der Waals surface area contributed by atoms with E-state index in [2.05, 4.69) is 10.8 Å². The molecule has 0 heterocycles. The Morgan fingerprint density at radius 3 is 2.85 bits per heavy atom. The lowest BCUT2D eigenvalue weighted by atomic mass is 9.98. The molecule has 2 heteroatoms. The van der Waals surface area contributed by atoms with Crippen molar-refractivity contribution in [2.24, 2.45) is 0 Å². The highest BCUT2D eigenvalue weighted by atomic mass is 16.5. The average molecular weight is 180 g/mol. The van der Waals surface area contributed by atoms with Gasteiger partial charge < -0.3 is 4.74 Å². The largest absolute Gasteiger partial charge is 0.466 e. The molecular formula is C11H16O2. The zero-order valence-corrected chi connectivity index (χ0v) is 8.30. The van der Waals surface area contributed by atoms with Gasteiger partial charge in [-0.15, -0.1) is 0 Å². The van der Waals surface area contributed by atoms with Gasteiger partial charge in [-0.25, -0.2) is 4.79 Å². The van der Waals surface area contributed by atoms with Crippen molar-refractivity contribution in [2.45, 2.75) is 32.6 Å². The maximum atomic E-state index is 11.1. The molecule has 0 N–H and O–H groups in total. The van der Waals surface area contributed by atoms with Crippen LogP contribution in [0.3, 0.4) is 0 Å². The Balaban J connectivity index is 2.63. The van der Waals surface area contributed by atoms with E-state index >= 15 is 0 Å². The van der Waals surface area contributed by atoms with Crippen molar-refractivity contribution in [1.29, 1.82) is 0 Å². The molecule has 1 rings (SSSR count). The van der Waals surface area contributed by atoms with Crippen LogP contribution in [0.2, 0.25) is 0 Å². The van der Waals surface area contributed by atoms with E-state index in [4.69, 9.17) is 0 Å². The van der Waals surface area contributed by atoms with Crippen LogP contribution >= 0.6 is 0 Å². The Bertz CT molecular complexity index is 249. The lowest BCUT2D eigenvalue weighted by Crippen LogP contribution is -2.02. The van der Waals surface area contributed by atoms with Gasteiger partial charge in [-0.3, -0.25) is 0 Å². The normalized spacial score (nSPS) is 18.0. The second-order valence-electron chi connectivity index (χ2n) is 3.34. The van der Waals surface area contributed by atoms with E-state index in [1.165, 1.54) is 25.5 Å². The molecule has 1 aliphatic rings. The highest BCUT2D eigenvalue weighted by Crippen LogP contribution is 2.19. The van der Waals surface area contributed by atoms with E-state index in [0.29, 0.717) is 5.57 Å². The minimum absolute atomic E-state index is 0.230. The van der Waals surface area contributed by atoms with Crippen LogP contribution in [0.1, 0.15) is 32.6 Å². The molecule has 0 saturated carbocycles. The van der Waals surface area contributed by atoms with E-state index in [0.717, 1.165) is 12.8 Å². The van der Waals surface area contributed by atoms with Gasteiger partial charge in [-0.05, 0) is 38.7 Å². The third-order valence-electron chi connectivity index (χ3n) is 2.24. The van der Waals surface area contributed by atoms with Gasteiger partial charge in [-0.1, -0.05) is 11.6 Å². The van der Waals surface area contributed by atoms with Crippen LogP contribution in [0.15, 0.2) is 23.3 Å².